The second kappa shape index (κ2) is 9.56. The van der Waals surface area contributed by atoms with E-state index in [-0.39, 0.29) is 29.7 Å². The Balaban J connectivity index is 1.65. The number of halogens is 1. The number of nitrogens with zero attached hydrogens (tertiary/aromatic N) is 2. The van der Waals surface area contributed by atoms with Gasteiger partial charge in [-0.15, -0.1) is 0 Å². The lowest BCUT2D eigenvalue weighted by Crippen LogP contribution is -2.31. The van der Waals surface area contributed by atoms with Crippen LogP contribution >= 0.6 is 0 Å². The highest BCUT2D eigenvalue weighted by Gasteiger charge is 2.14. The molecule has 1 amide bonds. The van der Waals surface area contributed by atoms with Crippen molar-refractivity contribution in [3.63, 3.8) is 0 Å². The molecule has 1 heterocycles. The summed E-state index contributed by atoms with van der Waals surface area (Å²) in [6.45, 7) is 4.31. The van der Waals surface area contributed by atoms with E-state index in [1.165, 1.54) is 12.1 Å². The first-order valence-corrected chi connectivity index (χ1v) is 10.1. The van der Waals surface area contributed by atoms with Crippen LogP contribution < -0.4 is 10.0 Å². The lowest BCUT2D eigenvalue weighted by atomic mass is 10.2. The number of carbonyl (C=O) groups is 1. The molecule has 0 aliphatic carbocycles. The van der Waals surface area contributed by atoms with Crippen LogP contribution in [0.15, 0.2) is 33.7 Å². The molecule has 0 aliphatic heterocycles. The van der Waals surface area contributed by atoms with E-state index < -0.39 is 15.8 Å². The lowest BCUT2D eigenvalue weighted by Gasteiger charge is -2.07. The van der Waals surface area contributed by atoms with Crippen LogP contribution in [0, 0.1) is 5.82 Å². The Bertz CT molecular complexity index is 850. The first-order chi connectivity index (χ1) is 12.8. The van der Waals surface area contributed by atoms with Crippen LogP contribution in [0.3, 0.4) is 0 Å². The Morgan fingerprint density at radius 2 is 1.93 bits per heavy atom. The normalized spacial score (nSPS) is 11.7. The minimum Gasteiger partial charge on any atom is -0.356 e. The van der Waals surface area contributed by atoms with Crippen molar-refractivity contribution in [1.29, 1.82) is 0 Å². The van der Waals surface area contributed by atoms with Crippen LogP contribution in [0.25, 0.3) is 0 Å². The predicted octanol–water partition coefficient (Wildman–Crippen LogP) is 1.75. The van der Waals surface area contributed by atoms with Crippen molar-refractivity contribution in [1.82, 2.24) is 20.2 Å². The zero-order chi connectivity index (χ0) is 19.9. The molecule has 10 heteroatoms. The zero-order valence-electron chi connectivity index (χ0n) is 15.2. The van der Waals surface area contributed by atoms with Gasteiger partial charge >= 0.3 is 0 Å². The van der Waals surface area contributed by atoms with E-state index >= 15 is 0 Å². The van der Waals surface area contributed by atoms with Crippen molar-refractivity contribution >= 4 is 15.9 Å². The van der Waals surface area contributed by atoms with Crippen molar-refractivity contribution in [2.24, 2.45) is 0 Å². The molecule has 0 atom stereocenters. The number of nitrogens with one attached hydrogen (secondary N) is 2. The quantitative estimate of drug-likeness (QED) is 0.590. The van der Waals surface area contributed by atoms with Gasteiger partial charge in [-0.2, -0.15) is 4.98 Å². The lowest BCUT2D eigenvalue weighted by molar-refractivity contribution is -0.120. The maximum Gasteiger partial charge on any atom is 0.240 e. The molecule has 2 rings (SSSR count). The van der Waals surface area contributed by atoms with Gasteiger partial charge in [0.1, 0.15) is 5.82 Å². The molecule has 8 nitrogen and oxygen atoms in total. The standard InChI is InChI=1S/C17H23FN4O4S/c1-12(2)17-21-16(26-22-17)4-3-10-19-15(23)9-11-20-27(24,25)14-7-5-13(18)6-8-14/h5-8,12,20H,3-4,9-11H2,1-2H3,(H,19,23). The van der Waals surface area contributed by atoms with Crippen molar-refractivity contribution in [2.45, 2.75) is 43.9 Å². The third-order valence-electron chi connectivity index (χ3n) is 3.66. The fourth-order valence-electron chi connectivity index (χ4n) is 2.16. The van der Waals surface area contributed by atoms with Crippen molar-refractivity contribution < 1.29 is 22.1 Å². The van der Waals surface area contributed by atoms with Gasteiger partial charge in [0, 0.05) is 31.8 Å². The molecule has 0 saturated heterocycles. The summed E-state index contributed by atoms with van der Waals surface area (Å²) in [4.78, 5) is 16.0. The van der Waals surface area contributed by atoms with E-state index in [1.54, 1.807) is 0 Å². The van der Waals surface area contributed by atoms with Gasteiger partial charge in [-0.3, -0.25) is 4.79 Å². The summed E-state index contributed by atoms with van der Waals surface area (Å²) in [5.41, 5.74) is 0. The molecule has 0 fully saturated rings. The summed E-state index contributed by atoms with van der Waals surface area (Å²) in [5, 5.41) is 6.57. The number of rotatable bonds is 10. The molecule has 2 N–H and O–H groups in total. The van der Waals surface area contributed by atoms with Crippen LogP contribution in [-0.4, -0.2) is 37.6 Å². The third-order valence-corrected chi connectivity index (χ3v) is 5.13. The van der Waals surface area contributed by atoms with Gasteiger partial charge in [0.15, 0.2) is 5.82 Å². The van der Waals surface area contributed by atoms with E-state index in [0.717, 1.165) is 12.1 Å². The molecule has 1 aromatic carbocycles. The third kappa shape index (κ3) is 6.72. The Hall–Kier alpha value is -2.33. The summed E-state index contributed by atoms with van der Waals surface area (Å²) in [7, 11) is -3.76. The average molecular weight is 398 g/mol. The molecule has 148 valence electrons. The topological polar surface area (TPSA) is 114 Å². The van der Waals surface area contributed by atoms with Crippen LogP contribution in [0.2, 0.25) is 0 Å². The molecule has 1 aromatic heterocycles. The van der Waals surface area contributed by atoms with Crippen molar-refractivity contribution in [3.05, 3.63) is 41.8 Å². The molecule has 0 unspecified atom stereocenters. The monoisotopic (exact) mass is 398 g/mol. The SMILES string of the molecule is CC(C)c1noc(CCCNC(=O)CCNS(=O)(=O)c2ccc(F)cc2)n1. The highest BCUT2D eigenvalue weighted by atomic mass is 32.2. The van der Waals surface area contributed by atoms with Crippen LogP contribution in [-0.2, 0) is 21.2 Å². The summed E-state index contributed by atoms with van der Waals surface area (Å²) < 4.78 is 44.3. The number of aromatic nitrogens is 2. The summed E-state index contributed by atoms with van der Waals surface area (Å²) in [6, 6.07) is 4.46. The van der Waals surface area contributed by atoms with Gasteiger partial charge in [0.05, 0.1) is 4.90 Å². The first-order valence-electron chi connectivity index (χ1n) is 8.62. The maximum atomic E-state index is 12.8. The van der Waals surface area contributed by atoms with Crippen LogP contribution in [0.5, 0.6) is 0 Å². The Labute approximate surface area is 157 Å². The molecule has 2 aromatic rings. The molecule has 0 radical (unpaired) electrons. The molecular formula is C17H23FN4O4S. The highest BCUT2D eigenvalue weighted by Crippen LogP contribution is 2.11. The Morgan fingerprint density at radius 3 is 2.56 bits per heavy atom. The van der Waals surface area contributed by atoms with Gasteiger partial charge in [-0.05, 0) is 30.7 Å². The van der Waals surface area contributed by atoms with Gasteiger partial charge in [0.25, 0.3) is 0 Å². The van der Waals surface area contributed by atoms with E-state index in [1.807, 2.05) is 13.8 Å². The molecule has 0 bridgehead atoms. The maximum absolute atomic E-state index is 12.8. The fraction of sp³-hybridized carbons (Fsp3) is 0.471. The average Bonchev–Trinajstić information content (AvgIpc) is 3.08. The van der Waals surface area contributed by atoms with Gasteiger partial charge in [-0.1, -0.05) is 19.0 Å². The highest BCUT2D eigenvalue weighted by molar-refractivity contribution is 7.89. The van der Waals surface area contributed by atoms with Crippen molar-refractivity contribution in [3.8, 4) is 0 Å². The largest absolute Gasteiger partial charge is 0.356 e. The second-order valence-electron chi connectivity index (χ2n) is 6.26. The summed E-state index contributed by atoms with van der Waals surface area (Å²) in [5.74, 6) is 0.586. The van der Waals surface area contributed by atoms with E-state index in [9.17, 15) is 17.6 Å². The van der Waals surface area contributed by atoms with Gasteiger partial charge in [-0.25, -0.2) is 17.5 Å². The van der Waals surface area contributed by atoms with Crippen LogP contribution in [0.4, 0.5) is 4.39 Å². The number of sulfonamides is 1. The van der Waals surface area contributed by atoms with E-state index in [4.69, 9.17) is 4.52 Å². The summed E-state index contributed by atoms with van der Waals surface area (Å²) in [6.07, 6.45) is 1.18. The minimum atomic E-state index is -3.76. The number of hydrogen-bond donors (Lipinski definition) is 2. The molecule has 0 saturated carbocycles. The van der Waals surface area contributed by atoms with Gasteiger partial charge < -0.3 is 9.84 Å². The molecule has 27 heavy (non-hydrogen) atoms. The first kappa shape index (κ1) is 21.0. The number of benzene rings is 1. The fourth-order valence-corrected chi connectivity index (χ4v) is 3.19. The molecular weight excluding hydrogens is 375 g/mol. The van der Waals surface area contributed by atoms with Gasteiger partial charge in [0.2, 0.25) is 21.8 Å². The molecule has 0 spiro atoms. The zero-order valence-corrected chi connectivity index (χ0v) is 16.1. The molecule has 0 aliphatic rings. The smallest absolute Gasteiger partial charge is 0.240 e. The summed E-state index contributed by atoms with van der Waals surface area (Å²) >= 11 is 0. The van der Waals surface area contributed by atoms with E-state index in [2.05, 4.69) is 20.2 Å². The Kier molecular flexibility index (Phi) is 7.43. The Morgan fingerprint density at radius 1 is 1.22 bits per heavy atom. The van der Waals surface area contributed by atoms with Crippen molar-refractivity contribution in [2.75, 3.05) is 13.1 Å². The number of carbonyl (C=O) groups excluding carboxylic acids is 1. The predicted molar refractivity (Wildman–Crippen MR) is 95.9 cm³/mol. The second-order valence-corrected chi connectivity index (χ2v) is 8.02. The van der Waals surface area contributed by atoms with Crippen LogP contribution in [0.1, 0.15) is 44.3 Å². The number of aryl methyl sites for hydroxylation is 1. The number of hydrogen-bond acceptors (Lipinski definition) is 6. The minimum absolute atomic E-state index is 0.00151. The number of amides is 1. The van der Waals surface area contributed by atoms with E-state index in [0.29, 0.717) is 31.1 Å².